The topological polar surface area (TPSA) is 21.7 Å². The van der Waals surface area contributed by atoms with Gasteiger partial charge in [-0.05, 0) is 86.9 Å². The second-order valence-corrected chi connectivity index (χ2v) is 43.3. The van der Waals surface area contributed by atoms with E-state index in [1.807, 2.05) is 0 Å². The molecule has 0 aliphatic carbocycles. The number of pyridine rings is 1. The van der Waals surface area contributed by atoms with Crippen LogP contribution in [0.15, 0.2) is 176 Å². The van der Waals surface area contributed by atoms with Crippen LogP contribution in [0.4, 0.5) is 0 Å². The number of nitrogens with zero attached hydrogens (tertiary/aromatic N) is 3. The number of rotatable bonds is 4. The molecule has 76 heavy (non-hydrogen) atoms. The molecule has 0 radical (unpaired) electrons. The number of aromatic nitrogens is 3. The molecule has 11 heterocycles. The van der Waals surface area contributed by atoms with E-state index in [0.29, 0.717) is 0 Å². The molecular weight excluding hydrogens is 983 g/mol. The number of benzene rings is 8. The molecule has 19 rings (SSSR count). The van der Waals surface area contributed by atoms with Crippen LogP contribution in [0, 0.1) is 0 Å². The third-order valence-electron chi connectivity index (χ3n) is 21.0. The minimum absolute atomic E-state index is 0.0352. The van der Waals surface area contributed by atoms with E-state index in [1.54, 1.807) is 41.7 Å². The molecule has 6 aliphatic rings. The molecule has 0 amide bonds. The molecule has 2 fully saturated rings. The summed E-state index contributed by atoms with van der Waals surface area (Å²) in [5.41, 5.74) is 10.9. The third kappa shape index (κ3) is 5.36. The summed E-state index contributed by atoms with van der Waals surface area (Å²) in [5, 5.41) is 24.7. The molecule has 4 bridgehead atoms. The van der Waals surface area contributed by atoms with Crippen molar-refractivity contribution in [2.24, 2.45) is 0 Å². The van der Waals surface area contributed by atoms with Crippen LogP contribution in [-0.4, -0.2) is 46.1 Å². The largest absolute Gasteiger partial charge is 0.308 e. The lowest BCUT2D eigenvalue weighted by molar-refractivity contribution is 0.591. The van der Waals surface area contributed by atoms with Gasteiger partial charge in [-0.1, -0.05) is 231 Å². The van der Waals surface area contributed by atoms with Gasteiger partial charge in [0, 0.05) is 48.4 Å². The lowest BCUT2D eigenvalue weighted by Gasteiger charge is -2.53. The molecule has 5 aromatic heterocycles. The second-order valence-electron chi connectivity index (χ2n) is 26.3. The molecule has 0 unspecified atom stereocenters. The highest BCUT2D eigenvalue weighted by molar-refractivity contribution is 7.19. The molecule has 3 nitrogen and oxygen atoms in total. The van der Waals surface area contributed by atoms with E-state index in [9.17, 15) is 0 Å². The van der Waals surface area contributed by atoms with Crippen molar-refractivity contribution in [3.05, 3.63) is 187 Å². The SMILES string of the molecule is CC(C)(C)c1cc2c3cc4c(cc3n3c5ccc6c(c5c(c1)c23)[Si]1(c2ccccc2)CC[Si]6(c2ccccc2)CC1)c1cc(C(C)(C)C)cc2c3c5c(ncc3n4c12)[Si]1(c2ccccc2)CC[Si]5(c2ccccc2)CC1. The number of fused-ring (bicyclic) bond motifs is 16. The maximum absolute atomic E-state index is 5.90. The van der Waals surface area contributed by atoms with Gasteiger partial charge < -0.3 is 8.80 Å². The van der Waals surface area contributed by atoms with Gasteiger partial charge in [-0.15, -0.1) is 0 Å². The summed E-state index contributed by atoms with van der Waals surface area (Å²) in [5.74, 6) is 0. The van der Waals surface area contributed by atoms with Crippen molar-refractivity contribution in [1.29, 1.82) is 0 Å². The first-order chi connectivity index (χ1) is 36.8. The van der Waals surface area contributed by atoms with E-state index < -0.39 is 32.3 Å². The molecule has 8 aromatic carbocycles. The van der Waals surface area contributed by atoms with Crippen LogP contribution in [-0.2, 0) is 10.8 Å². The Bertz CT molecular complexity index is 4290. The van der Waals surface area contributed by atoms with E-state index in [-0.39, 0.29) is 10.8 Å². The van der Waals surface area contributed by atoms with Gasteiger partial charge in [0.15, 0.2) is 0 Å². The Morgan fingerprint density at radius 2 is 0.737 bits per heavy atom. The van der Waals surface area contributed by atoms with Crippen LogP contribution in [0.1, 0.15) is 52.7 Å². The first-order valence-corrected chi connectivity index (χ1v) is 38.1. The van der Waals surface area contributed by atoms with Crippen molar-refractivity contribution < 1.29 is 0 Å². The summed E-state index contributed by atoms with van der Waals surface area (Å²) in [6, 6.07) is 79.0. The monoisotopic (exact) mass is 1050 g/mol. The van der Waals surface area contributed by atoms with Gasteiger partial charge in [0.2, 0.25) is 0 Å². The van der Waals surface area contributed by atoms with Crippen LogP contribution in [0.2, 0.25) is 48.4 Å². The maximum atomic E-state index is 5.90. The van der Waals surface area contributed by atoms with Crippen molar-refractivity contribution in [1.82, 2.24) is 13.8 Å². The second kappa shape index (κ2) is 14.7. The lowest BCUT2D eigenvalue weighted by Crippen LogP contribution is -2.80. The lowest BCUT2D eigenvalue weighted by atomic mass is 9.85. The van der Waals surface area contributed by atoms with Crippen molar-refractivity contribution in [3.63, 3.8) is 0 Å². The molecule has 0 spiro atoms. The zero-order valence-electron chi connectivity index (χ0n) is 44.7. The predicted octanol–water partition coefficient (Wildman–Crippen LogP) is 12.3. The first kappa shape index (κ1) is 44.5. The van der Waals surface area contributed by atoms with Crippen LogP contribution >= 0.6 is 0 Å². The van der Waals surface area contributed by atoms with Crippen LogP contribution in [0.25, 0.3) is 76.2 Å². The fourth-order valence-electron chi connectivity index (χ4n) is 17.2. The average molecular weight is 1050 g/mol. The van der Waals surface area contributed by atoms with Crippen molar-refractivity contribution in [2.75, 3.05) is 0 Å². The van der Waals surface area contributed by atoms with Crippen molar-refractivity contribution in [3.8, 4) is 0 Å². The fraction of sp³-hybridized carbons (Fsp3) is 0.232. The Morgan fingerprint density at radius 3 is 1.21 bits per heavy atom. The van der Waals surface area contributed by atoms with Crippen molar-refractivity contribution >= 4 is 150 Å². The van der Waals surface area contributed by atoms with Gasteiger partial charge >= 0.3 is 0 Å². The van der Waals surface area contributed by atoms with E-state index in [2.05, 4.69) is 226 Å². The maximum Gasteiger partial charge on any atom is 0.140 e. The molecule has 7 heteroatoms. The fourth-order valence-corrected chi connectivity index (χ4v) is 48.1. The summed E-state index contributed by atoms with van der Waals surface area (Å²) >= 11 is 0. The van der Waals surface area contributed by atoms with Crippen LogP contribution in [0.3, 0.4) is 0 Å². The Morgan fingerprint density at radius 1 is 0.355 bits per heavy atom. The molecule has 13 aromatic rings. The van der Waals surface area contributed by atoms with E-state index in [0.717, 1.165) is 0 Å². The van der Waals surface area contributed by atoms with Gasteiger partial charge in [-0.3, -0.25) is 4.98 Å². The standard InChI is InChI=1S/C69H63N3Si4/c1-68(2,3)44-37-52-50-42-58-51(41-57(50)71-56-27-28-60-65(61(56)54(39-44)63(52)71)74(47-21-13-8-14-22-47)31-29-73(60,30-32-74)46-19-11-7-12-20-46)53-38-45(69(4,5)6)40-55-62-59(72(58)64(53)55)43-70-67-66(62)75(48-23-15-9-16-24-48)33-35-76(67,36-34-75)49-25-17-10-18-26-49/h7-28,37-43H,29-36H2,1-6H3. The summed E-state index contributed by atoms with van der Waals surface area (Å²) < 4.78 is 5.45. The molecule has 2 saturated heterocycles. The van der Waals surface area contributed by atoms with Crippen molar-refractivity contribution in [2.45, 2.75) is 101 Å². The van der Waals surface area contributed by atoms with E-state index >= 15 is 0 Å². The van der Waals surface area contributed by atoms with Crippen LogP contribution in [0.5, 0.6) is 0 Å². The van der Waals surface area contributed by atoms with Crippen LogP contribution < -0.4 is 41.6 Å². The summed E-state index contributed by atoms with van der Waals surface area (Å²) in [6.07, 6.45) is 2.35. The quantitative estimate of drug-likeness (QED) is 0.161. The molecule has 0 saturated carbocycles. The zero-order valence-corrected chi connectivity index (χ0v) is 48.7. The summed E-state index contributed by atoms with van der Waals surface area (Å²) in [6.45, 7) is 14.5. The number of hydrogen-bond acceptors (Lipinski definition) is 1. The smallest absolute Gasteiger partial charge is 0.140 e. The minimum atomic E-state index is -2.22. The third-order valence-corrected chi connectivity index (χ3v) is 43.7. The molecule has 6 aliphatic heterocycles. The molecule has 0 N–H and O–H groups in total. The predicted molar refractivity (Wildman–Crippen MR) is 335 cm³/mol. The highest BCUT2D eigenvalue weighted by Crippen LogP contribution is 2.50. The first-order valence-electron chi connectivity index (χ1n) is 28.5. The Labute approximate surface area is 449 Å². The van der Waals surface area contributed by atoms with E-state index in [1.165, 1.54) is 136 Å². The molecular formula is C69H63N3Si4. The van der Waals surface area contributed by atoms with Gasteiger partial charge in [0.05, 0.1) is 39.3 Å². The Kier molecular flexibility index (Phi) is 8.60. The van der Waals surface area contributed by atoms with Gasteiger partial charge in [0.1, 0.15) is 32.3 Å². The van der Waals surface area contributed by atoms with Gasteiger partial charge in [0.25, 0.3) is 0 Å². The number of hydrogen-bond donors (Lipinski definition) is 0. The molecule has 370 valence electrons. The van der Waals surface area contributed by atoms with Gasteiger partial charge in [-0.25, -0.2) is 0 Å². The molecule has 0 atom stereocenters. The van der Waals surface area contributed by atoms with E-state index in [4.69, 9.17) is 4.98 Å². The van der Waals surface area contributed by atoms with Gasteiger partial charge in [-0.2, -0.15) is 0 Å². The normalized spacial score (nSPS) is 23.4. The Hall–Kier alpha value is -6.62. The zero-order chi connectivity index (χ0) is 50.9. The summed E-state index contributed by atoms with van der Waals surface area (Å²) in [4.78, 5) is 5.90. The Balaban J connectivity index is 1.02. The highest BCUT2D eigenvalue weighted by atomic mass is 28.3. The minimum Gasteiger partial charge on any atom is -0.308 e. The average Bonchev–Trinajstić information content (AvgIpc) is 4.21. The highest BCUT2D eigenvalue weighted by Gasteiger charge is 2.59. The summed E-state index contributed by atoms with van der Waals surface area (Å²) in [7, 11) is -8.56.